The van der Waals surface area contributed by atoms with Gasteiger partial charge in [0.05, 0.1) is 13.2 Å². The number of imidazole rings is 1. The molecule has 0 aliphatic rings. The lowest BCUT2D eigenvalue weighted by Gasteiger charge is -2.16. The summed E-state index contributed by atoms with van der Waals surface area (Å²) in [4.78, 5) is 29.7. The Morgan fingerprint density at radius 2 is 2.45 bits per heavy atom. The van der Waals surface area contributed by atoms with Gasteiger partial charge < -0.3 is 15.0 Å². The van der Waals surface area contributed by atoms with Crippen LogP contribution in [0, 0.1) is 0 Å². The van der Waals surface area contributed by atoms with E-state index in [-0.39, 0.29) is 12.5 Å². The monoisotopic (exact) mass is 296 g/mol. The van der Waals surface area contributed by atoms with Crippen molar-refractivity contribution in [2.75, 3.05) is 38.8 Å². The summed E-state index contributed by atoms with van der Waals surface area (Å²) in [6.07, 6.45) is 2.54. The lowest BCUT2D eigenvalue weighted by molar-refractivity contribution is -0.119. The lowest BCUT2D eigenvalue weighted by atomic mass is 10.4. The molecule has 108 valence electrons. The number of aldehydes is 1. The Hall–Kier alpha value is -1.93. The average molecular weight is 296 g/mol. The van der Waals surface area contributed by atoms with E-state index in [1.807, 2.05) is 5.38 Å². The molecule has 0 spiro atoms. The summed E-state index contributed by atoms with van der Waals surface area (Å²) >= 11 is 1.44. The van der Waals surface area contributed by atoms with Gasteiger partial charge >= 0.3 is 0 Å². The van der Waals surface area contributed by atoms with Crippen molar-refractivity contribution in [2.45, 2.75) is 0 Å². The zero-order valence-corrected chi connectivity index (χ0v) is 12.1. The zero-order chi connectivity index (χ0) is 14.5. The number of carbonyl (C=O) groups excluding carboxylic acids is 2. The molecule has 1 N–H and O–H groups in total. The summed E-state index contributed by atoms with van der Waals surface area (Å²) in [5.41, 5.74) is 0.452. The first-order valence-corrected chi connectivity index (χ1v) is 6.93. The Kier molecular flexibility index (Phi) is 4.70. The summed E-state index contributed by atoms with van der Waals surface area (Å²) in [5.74, 6) is 0.367. The first-order valence-electron chi connectivity index (χ1n) is 6.05. The third kappa shape index (κ3) is 2.97. The molecule has 20 heavy (non-hydrogen) atoms. The van der Waals surface area contributed by atoms with E-state index in [9.17, 15) is 9.59 Å². The number of methoxy groups -OCH3 is 1. The number of aromatic nitrogens is 2. The molecule has 2 aromatic heterocycles. The number of fused-ring (bicyclic) bond motifs is 1. The number of likely N-dealkylation sites (N-methyl/N-ethyl adjacent to an activating group) is 1. The maximum Gasteiger partial charge on any atom is 0.239 e. The predicted molar refractivity (Wildman–Crippen MR) is 76.6 cm³/mol. The van der Waals surface area contributed by atoms with Crippen LogP contribution in [0.5, 0.6) is 0 Å². The van der Waals surface area contributed by atoms with Crippen molar-refractivity contribution in [1.82, 2.24) is 14.7 Å². The fourth-order valence-corrected chi connectivity index (χ4v) is 2.54. The first kappa shape index (κ1) is 14.5. The van der Waals surface area contributed by atoms with Crippen molar-refractivity contribution in [3.05, 3.63) is 17.3 Å². The quantitative estimate of drug-likeness (QED) is 0.591. The topological polar surface area (TPSA) is 75.9 Å². The number of hydrogen-bond acceptors (Lipinski definition) is 6. The van der Waals surface area contributed by atoms with Crippen LogP contribution in [0.2, 0.25) is 0 Å². The largest absolute Gasteiger partial charge is 0.383 e. The summed E-state index contributed by atoms with van der Waals surface area (Å²) in [6, 6.07) is 0. The van der Waals surface area contributed by atoms with Gasteiger partial charge in [-0.15, -0.1) is 11.3 Å². The van der Waals surface area contributed by atoms with Crippen molar-refractivity contribution in [3.8, 4) is 0 Å². The minimum atomic E-state index is -0.141. The SMILES string of the molecule is COCCNC(=O)CN(C)c1nc2sccn2c1C=O. The zero-order valence-electron chi connectivity index (χ0n) is 11.3. The molecular weight excluding hydrogens is 280 g/mol. The Labute approximate surface area is 120 Å². The number of nitrogens with zero attached hydrogens (tertiary/aromatic N) is 3. The van der Waals surface area contributed by atoms with Gasteiger partial charge in [0.2, 0.25) is 5.91 Å². The van der Waals surface area contributed by atoms with Crippen LogP contribution in [0.15, 0.2) is 11.6 Å². The van der Waals surface area contributed by atoms with Crippen molar-refractivity contribution in [2.24, 2.45) is 0 Å². The number of thiazole rings is 1. The third-order valence-electron chi connectivity index (χ3n) is 2.76. The second kappa shape index (κ2) is 6.49. The summed E-state index contributed by atoms with van der Waals surface area (Å²) in [5, 5.41) is 4.58. The molecule has 0 fully saturated rings. The van der Waals surface area contributed by atoms with Crippen LogP contribution in [-0.2, 0) is 9.53 Å². The van der Waals surface area contributed by atoms with E-state index in [0.29, 0.717) is 24.7 Å². The summed E-state index contributed by atoms with van der Waals surface area (Å²) in [7, 11) is 3.31. The molecular formula is C12H16N4O3S. The number of hydrogen-bond donors (Lipinski definition) is 1. The molecule has 2 heterocycles. The number of ether oxygens (including phenoxy) is 1. The van der Waals surface area contributed by atoms with E-state index < -0.39 is 0 Å². The van der Waals surface area contributed by atoms with E-state index in [4.69, 9.17) is 4.74 Å². The first-order chi connectivity index (χ1) is 9.67. The third-order valence-corrected chi connectivity index (χ3v) is 3.52. The number of anilines is 1. The molecule has 8 heteroatoms. The van der Waals surface area contributed by atoms with Crippen LogP contribution < -0.4 is 10.2 Å². The van der Waals surface area contributed by atoms with E-state index >= 15 is 0 Å². The van der Waals surface area contributed by atoms with Crippen LogP contribution in [0.1, 0.15) is 10.5 Å². The van der Waals surface area contributed by atoms with Crippen molar-refractivity contribution < 1.29 is 14.3 Å². The minimum absolute atomic E-state index is 0.134. The van der Waals surface area contributed by atoms with Crippen molar-refractivity contribution >= 4 is 34.3 Å². The normalized spacial score (nSPS) is 10.7. The van der Waals surface area contributed by atoms with Gasteiger partial charge in [0.1, 0.15) is 5.69 Å². The fraction of sp³-hybridized carbons (Fsp3) is 0.417. The van der Waals surface area contributed by atoms with Gasteiger partial charge in [-0.1, -0.05) is 0 Å². The van der Waals surface area contributed by atoms with Crippen molar-refractivity contribution in [3.63, 3.8) is 0 Å². The van der Waals surface area contributed by atoms with Gasteiger partial charge in [0.25, 0.3) is 0 Å². The van der Waals surface area contributed by atoms with Crippen LogP contribution in [-0.4, -0.2) is 55.4 Å². The smallest absolute Gasteiger partial charge is 0.239 e. The van der Waals surface area contributed by atoms with Gasteiger partial charge in [-0.05, 0) is 0 Å². The molecule has 0 saturated heterocycles. The molecule has 0 bridgehead atoms. The van der Waals surface area contributed by atoms with Gasteiger partial charge in [-0.3, -0.25) is 14.0 Å². The Balaban J connectivity index is 2.07. The second-order valence-electron chi connectivity index (χ2n) is 4.19. The highest BCUT2D eigenvalue weighted by Gasteiger charge is 2.17. The molecule has 0 atom stereocenters. The molecule has 2 aromatic rings. The van der Waals surface area contributed by atoms with Crippen LogP contribution >= 0.6 is 11.3 Å². The van der Waals surface area contributed by atoms with E-state index in [1.165, 1.54) is 11.3 Å². The molecule has 7 nitrogen and oxygen atoms in total. The van der Waals surface area contributed by atoms with Crippen LogP contribution in [0.3, 0.4) is 0 Å². The van der Waals surface area contributed by atoms with E-state index in [2.05, 4.69) is 10.3 Å². The highest BCUT2D eigenvalue weighted by molar-refractivity contribution is 7.15. The number of amides is 1. The van der Waals surface area contributed by atoms with Crippen molar-refractivity contribution in [1.29, 1.82) is 0 Å². The molecule has 0 aliphatic heterocycles. The Bertz CT molecular complexity index is 607. The number of rotatable bonds is 7. The van der Waals surface area contributed by atoms with E-state index in [1.54, 1.807) is 29.7 Å². The maximum atomic E-state index is 11.7. The van der Waals surface area contributed by atoms with E-state index in [0.717, 1.165) is 11.2 Å². The molecule has 0 unspecified atom stereocenters. The lowest BCUT2D eigenvalue weighted by Crippen LogP contribution is -2.37. The van der Waals surface area contributed by atoms with Crippen LogP contribution in [0.25, 0.3) is 4.96 Å². The Morgan fingerprint density at radius 3 is 3.15 bits per heavy atom. The summed E-state index contributed by atoms with van der Waals surface area (Å²) in [6.45, 7) is 1.06. The second-order valence-corrected chi connectivity index (χ2v) is 5.07. The van der Waals surface area contributed by atoms with Gasteiger partial charge in [-0.2, -0.15) is 0 Å². The molecule has 0 aromatic carbocycles. The maximum absolute atomic E-state index is 11.7. The summed E-state index contributed by atoms with van der Waals surface area (Å²) < 4.78 is 6.57. The highest BCUT2D eigenvalue weighted by Crippen LogP contribution is 2.22. The molecule has 0 aliphatic carbocycles. The van der Waals surface area contributed by atoms with Gasteiger partial charge in [-0.25, -0.2) is 4.98 Å². The molecule has 1 amide bonds. The number of carbonyl (C=O) groups is 2. The molecule has 2 rings (SSSR count). The average Bonchev–Trinajstić information content (AvgIpc) is 2.98. The molecule has 0 saturated carbocycles. The fourth-order valence-electron chi connectivity index (χ4n) is 1.82. The van der Waals surface area contributed by atoms with Gasteiger partial charge in [0.15, 0.2) is 17.1 Å². The predicted octanol–water partition coefficient (Wildman–Crippen LogP) is 0.407. The van der Waals surface area contributed by atoms with Gasteiger partial charge in [0, 0.05) is 32.3 Å². The number of nitrogens with one attached hydrogen (secondary N) is 1. The highest BCUT2D eigenvalue weighted by atomic mass is 32.1. The standard InChI is InChI=1S/C12H16N4O3S/c1-15(7-10(18)13-3-5-19-2)11-9(8-17)16-4-6-20-12(16)14-11/h4,6,8H,3,5,7H2,1-2H3,(H,13,18). The molecule has 0 radical (unpaired) electrons. The Morgan fingerprint density at radius 1 is 1.65 bits per heavy atom. The minimum Gasteiger partial charge on any atom is -0.383 e. The van der Waals surface area contributed by atoms with Crippen LogP contribution in [0.4, 0.5) is 5.82 Å².